The molecule has 77 heavy (non-hydrogen) atoms. The number of aromatic amines is 1. The molecule has 4 unspecified atom stereocenters. The van der Waals surface area contributed by atoms with Crippen LogP contribution in [0.3, 0.4) is 0 Å². The molecule has 6 rings (SSSR count). The molecule has 0 aliphatic carbocycles. The number of imidazole rings is 1. The maximum Gasteiger partial charge on any atom is 0.410 e. The van der Waals surface area contributed by atoms with Gasteiger partial charge in [-0.15, -0.1) is 0 Å². The number of amides is 7. The Bertz CT molecular complexity index is 2530. The van der Waals surface area contributed by atoms with Gasteiger partial charge in [-0.3, -0.25) is 38.6 Å². The lowest BCUT2D eigenvalue weighted by Gasteiger charge is -2.43. The summed E-state index contributed by atoms with van der Waals surface area (Å²) in [6, 6.07) is 2.20. The van der Waals surface area contributed by atoms with Crippen LogP contribution >= 0.6 is 22.6 Å². The molecule has 12 atom stereocenters. The molecule has 0 bridgehead atoms. The van der Waals surface area contributed by atoms with E-state index in [1.54, 1.807) is 38.1 Å². The van der Waals surface area contributed by atoms with Crippen molar-refractivity contribution >= 4 is 86.8 Å². The van der Waals surface area contributed by atoms with Crippen molar-refractivity contribution in [2.75, 3.05) is 30.3 Å². The Morgan fingerprint density at radius 2 is 1.69 bits per heavy atom. The summed E-state index contributed by atoms with van der Waals surface area (Å²) in [5, 5.41) is 46.8. The number of rotatable bonds is 25. The normalized spacial score (nSPS) is 24.6. The van der Waals surface area contributed by atoms with E-state index in [2.05, 4.69) is 96.8 Å². The molecule has 3 saturated heterocycles. The van der Waals surface area contributed by atoms with Crippen molar-refractivity contribution in [1.82, 2.24) is 45.7 Å². The molecule has 24 heteroatoms. The minimum absolute atomic E-state index is 0.0635. The number of anilines is 2. The lowest BCUT2D eigenvalue weighted by Crippen LogP contribution is -2.67. The van der Waals surface area contributed by atoms with Crippen molar-refractivity contribution < 1.29 is 58.4 Å². The van der Waals surface area contributed by atoms with Crippen LogP contribution in [0.15, 0.2) is 36.9 Å². The predicted molar refractivity (Wildman–Crippen MR) is 292 cm³/mol. The first kappa shape index (κ1) is 60.7. The molecule has 1 aromatic carbocycles. The minimum atomic E-state index is -1.61. The second-order valence-electron chi connectivity index (χ2n) is 21.5. The molecular weight excluding hydrogens is 1110 g/mol. The number of hydrogen-bond acceptors (Lipinski definition) is 16. The number of halogens is 1. The van der Waals surface area contributed by atoms with E-state index in [1.807, 2.05) is 6.92 Å². The number of hydrogen-bond donors (Lipinski definition) is 9. The first-order chi connectivity index (χ1) is 36.6. The van der Waals surface area contributed by atoms with E-state index < -0.39 is 91.0 Å². The smallest absolute Gasteiger partial charge is 0.410 e. The number of fused-ring (bicyclic) bond motifs is 1. The number of carbonyl (C=O) groups is 7. The van der Waals surface area contributed by atoms with Crippen LogP contribution in [0, 0.1) is 29.6 Å². The summed E-state index contributed by atoms with van der Waals surface area (Å²) in [6.07, 6.45) is 1.85. The fourth-order valence-corrected chi connectivity index (χ4v) is 11.0. The zero-order chi connectivity index (χ0) is 56.3. The van der Waals surface area contributed by atoms with Crippen molar-refractivity contribution in [3.8, 4) is 0 Å². The van der Waals surface area contributed by atoms with Crippen LogP contribution < -0.4 is 26.6 Å². The Hall–Kier alpha value is -5.57. The van der Waals surface area contributed by atoms with Crippen molar-refractivity contribution in [3.63, 3.8) is 0 Å². The van der Waals surface area contributed by atoms with Crippen molar-refractivity contribution in [1.29, 1.82) is 0 Å². The largest absolute Gasteiger partial charge is 0.445 e. The Morgan fingerprint density at radius 3 is 2.35 bits per heavy atom. The quantitative estimate of drug-likeness (QED) is 0.0330. The minimum Gasteiger partial charge on any atom is -0.445 e. The van der Waals surface area contributed by atoms with Gasteiger partial charge in [-0.05, 0) is 67.6 Å². The van der Waals surface area contributed by atoms with E-state index in [9.17, 15) is 48.9 Å². The molecule has 0 saturated carbocycles. The fourth-order valence-electron chi connectivity index (χ4n) is 10.2. The molecular formula is C53H78IN11O12. The van der Waals surface area contributed by atoms with Gasteiger partial charge in [0.1, 0.15) is 54.9 Å². The van der Waals surface area contributed by atoms with E-state index in [0.29, 0.717) is 34.8 Å². The van der Waals surface area contributed by atoms with Gasteiger partial charge in [-0.2, -0.15) is 0 Å². The van der Waals surface area contributed by atoms with Gasteiger partial charge in [0.15, 0.2) is 17.7 Å². The van der Waals surface area contributed by atoms with Gasteiger partial charge in [-0.1, -0.05) is 109 Å². The third-order valence-corrected chi connectivity index (χ3v) is 17.2. The molecule has 0 spiro atoms. The molecule has 2 aromatic heterocycles. The number of aliphatic hydroxyl groups is 3. The average Bonchev–Trinajstić information content (AvgIpc) is 4.17. The van der Waals surface area contributed by atoms with E-state index in [-0.39, 0.29) is 71.3 Å². The van der Waals surface area contributed by atoms with Crippen molar-refractivity contribution in [2.24, 2.45) is 29.6 Å². The number of nitrogens with one attached hydrogen (secondary N) is 6. The molecule has 7 amide bonds. The maximum absolute atomic E-state index is 14.2. The molecule has 3 fully saturated rings. The third-order valence-electron chi connectivity index (χ3n) is 15.2. The zero-order valence-electron chi connectivity index (χ0n) is 45.3. The second kappa shape index (κ2) is 27.3. The topological polar surface area (TPSA) is 320 Å². The van der Waals surface area contributed by atoms with Gasteiger partial charge in [0.05, 0.1) is 24.9 Å². The first-order valence-electron chi connectivity index (χ1n) is 26.9. The maximum atomic E-state index is 14.2. The number of carbonyl (C=O) groups excluding carboxylic acids is 7. The van der Waals surface area contributed by atoms with Crippen molar-refractivity contribution in [3.05, 3.63) is 42.5 Å². The number of aliphatic hydroxyl groups excluding tert-OH is 3. The highest BCUT2D eigenvalue weighted by Crippen LogP contribution is 2.43. The van der Waals surface area contributed by atoms with Gasteiger partial charge in [0.25, 0.3) is 0 Å². The summed E-state index contributed by atoms with van der Waals surface area (Å²) >= 11 is 2.32. The number of ether oxygens (including phenoxy) is 2. The molecule has 424 valence electrons. The van der Waals surface area contributed by atoms with Crippen LogP contribution in [0.25, 0.3) is 11.2 Å². The third kappa shape index (κ3) is 15.2. The summed E-state index contributed by atoms with van der Waals surface area (Å²) in [6.45, 7) is 14.8. The van der Waals surface area contributed by atoms with E-state index in [0.717, 1.165) is 43.4 Å². The van der Waals surface area contributed by atoms with Gasteiger partial charge in [0.2, 0.25) is 35.4 Å². The van der Waals surface area contributed by atoms with Gasteiger partial charge >= 0.3 is 6.09 Å². The monoisotopic (exact) mass is 1190 g/mol. The summed E-state index contributed by atoms with van der Waals surface area (Å²) in [7, 11) is 0. The lowest BCUT2D eigenvalue weighted by atomic mass is 9.84. The van der Waals surface area contributed by atoms with Crippen LogP contribution in [0.4, 0.5) is 16.3 Å². The zero-order valence-corrected chi connectivity index (χ0v) is 47.4. The van der Waals surface area contributed by atoms with E-state index in [4.69, 9.17) is 9.47 Å². The second-order valence-corrected chi connectivity index (χ2v) is 23.7. The fraction of sp³-hybridized carbons (Fsp3) is 0.660. The highest BCUT2D eigenvalue weighted by Gasteiger charge is 2.50. The summed E-state index contributed by atoms with van der Waals surface area (Å²) < 4.78 is 11.4. The number of benzene rings is 1. The highest BCUT2D eigenvalue weighted by atomic mass is 127. The van der Waals surface area contributed by atoms with Crippen LogP contribution in [-0.4, -0.2) is 158 Å². The van der Waals surface area contributed by atoms with E-state index in [1.165, 1.54) is 24.5 Å². The lowest BCUT2D eigenvalue weighted by molar-refractivity contribution is -0.185. The SMILES string of the molecule is CCCCC(I)(CC)C1CC(=O)N(CCC(=O)N[C@H](C(=O)N[C@@H](C)C(=O)Nc2ccc(COC(=O)N3CC(C(C)CCC(C)C)C[C@@H]3C(=O)N[C@@H]3[C@@H](O)[C@H](O)[C@H](Nc4ncnc5nc[nH]c45)O[C@H]3CO)cc2)C(C)C)C1=O. The Morgan fingerprint density at radius 1 is 0.961 bits per heavy atom. The number of H-pyrrole nitrogens is 1. The molecule has 9 N–H and O–H groups in total. The Labute approximate surface area is 463 Å². The molecule has 23 nitrogen and oxygen atoms in total. The molecule has 0 radical (unpaired) electrons. The van der Waals surface area contributed by atoms with E-state index >= 15 is 0 Å². The molecule has 3 aromatic rings. The molecule has 5 heterocycles. The van der Waals surface area contributed by atoms with Crippen LogP contribution in [-0.2, 0) is 44.8 Å². The number of nitrogens with zero attached hydrogens (tertiary/aromatic N) is 5. The van der Waals surface area contributed by atoms with Gasteiger partial charge < -0.3 is 56.4 Å². The average molecular weight is 1190 g/mol. The Balaban J connectivity index is 1.01. The van der Waals surface area contributed by atoms with Gasteiger partial charge in [-0.25, -0.2) is 19.7 Å². The summed E-state index contributed by atoms with van der Waals surface area (Å²) in [5.41, 5.74) is 1.73. The number of aromatic nitrogens is 4. The number of imide groups is 1. The number of alkyl halides is 1. The van der Waals surface area contributed by atoms with Gasteiger partial charge in [0, 0.05) is 35.0 Å². The predicted octanol–water partition coefficient (Wildman–Crippen LogP) is 3.91. The molecule has 3 aliphatic heterocycles. The Kier molecular flexibility index (Phi) is 21.5. The standard InChI is InChI=1S/C53H78IN11O12/c1-9-11-19-53(54,10-2)35-22-39(68)64(51(35)74)20-18-38(67)61-40(29(5)6)49(73)59-31(8)47(71)60-34-16-14-32(15-17-34)25-76-52(75)65-23-33(30(7)13-12-28(3)4)21-36(65)48(72)62-41-37(24-66)77-50(44(70)43(41)69)63-46-42-45(56-26-55-42)57-27-58-46/h14-17,26-31,33,35-37,40-41,43-44,50,66,69-70H,9-13,18-25H2,1-8H3,(H,59,73)(H,60,71)(H,61,67)(H,62,72)(H2,55,56,57,58,63)/t30?,31-,33?,35?,36+,37-,40-,41-,43+,44-,50+,53?/m0/s1. The highest BCUT2D eigenvalue weighted by molar-refractivity contribution is 14.1. The summed E-state index contributed by atoms with van der Waals surface area (Å²) in [5.74, 6) is -2.88. The first-order valence-corrected chi connectivity index (χ1v) is 28.0. The number of likely N-dealkylation sites (tertiary alicyclic amines) is 2. The van der Waals surface area contributed by atoms with Crippen molar-refractivity contribution in [2.45, 2.75) is 172 Å². The summed E-state index contributed by atoms with van der Waals surface area (Å²) in [4.78, 5) is 112. The van der Waals surface area contributed by atoms with Crippen LogP contribution in [0.5, 0.6) is 0 Å². The number of unbranched alkanes of at least 4 members (excludes halogenated alkanes) is 1. The van der Waals surface area contributed by atoms with Crippen LogP contribution in [0.1, 0.15) is 119 Å². The van der Waals surface area contributed by atoms with Crippen LogP contribution in [0.2, 0.25) is 0 Å². The molecule has 3 aliphatic rings.